The number of anilines is 1. The van der Waals surface area contributed by atoms with Crippen molar-refractivity contribution in [2.24, 2.45) is 0 Å². The van der Waals surface area contributed by atoms with Crippen LogP contribution in [0.3, 0.4) is 0 Å². The molecule has 0 saturated carbocycles. The Kier molecular flexibility index (Phi) is 3.56. The van der Waals surface area contributed by atoms with E-state index in [4.69, 9.17) is 5.11 Å². The molecule has 0 saturated heterocycles. The van der Waals surface area contributed by atoms with E-state index in [9.17, 15) is 9.59 Å². The van der Waals surface area contributed by atoms with Crippen molar-refractivity contribution in [1.29, 1.82) is 0 Å². The lowest BCUT2D eigenvalue weighted by Gasteiger charge is -2.05. The van der Waals surface area contributed by atoms with E-state index in [0.717, 1.165) is 5.56 Å². The van der Waals surface area contributed by atoms with E-state index >= 15 is 0 Å². The molecule has 2 aromatic rings. The number of aryl methyl sites for hydroxylation is 2. The van der Waals surface area contributed by atoms with Crippen LogP contribution in [-0.2, 0) is 0 Å². The van der Waals surface area contributed by atoms with Crippen LogP contribution in [0.1, 0.15) is 37.7 Å². The Morgan fingerprint density at radius 2 is 1.95 bits per heavy atom. The molecule has 0 atom stereocenters. The minimum atomic E-state index is -1.09. The number of nitrogens with one attached hydrogen (secondary N) is 2. The van der Waals surface area contributed by atoms with Gasteiger partial charge in [-0.3, -0.25) is 4.79 Å². The highest BCUT2D eigenvalue weighted by Gasteiger charge is 2.21. The molecule has 0 spiro atoms. The highest BCUT2D eigenvalue weighted by Crippen LogP contribution is 2.19. The third kappa shape index (κ3) is 2.54. The molecule has 0 bridgehead atoms. The number of aromatic amines is 1. The van der Waals surface area contributed by atoms with Crippen LogP contribution in [0.15, 0.2) is 18.3 Å². The molecule has 3 N–H and O–H groups in total. The van der Waals surface area contributed by atoms with E-state index < -0.39 is 5.97 Å². The third-order valence-corrected chi connectivity index (χ3v) is 3.03. The Labute approximate surface area is 115 Å². The number of nitrogens with zero attached hydrogens (tertiary/aromatic N) is 1. The summed E-state index contributed by atoms with van der Waals surface area (Å²) in [5, 5.41) is 11.7. The van der Waals surface area contributed by atoms with Crippen LogP contribution in [0.2, 0.25) is 0 Å². The van der Waals surface area contributed by atoms with E-state index in [1.807, 2.05) is 13.0 Å². The first kappa shape index (κ1) is 13.8. The van der Waals surface area contributed by atoms with Crippen LogP contribution in [0.4, 0.5) is 5.82 Å². The molecule has 6 heteroatoms. The van der Waals surface area contributed by atoms with Crippen LogP contribution >= 0.6 is 0 Å². The molecular weight excluding hydrogens is 258 g/mol. The Bertz CT molecular complexity index is 672. The van der Waals surface area contributed by atoms with Gasteiger partial charge < -0.3 is 15.4 Å². The van der Waals surface area contributed by atoms with Crippen LogP contribution in [0.5, 0.6) is 0 Å². The number of H-pyrrole nitrogens is 1. The maximum Gasteiger partial charge on any atom is 0.352 e. The quantitative estimate of drug-likeness (QED) is 0.799. The number of hydrogen-bond acceptors (Lipinski definition) is 3. The normalized spacial score (nSPS) is 10.3. The average Bonchev–Trinajstić information content (AvgIpc) is 2.68. The predicted molar refractivity (Wildman–Crippen MR) is 74.2 cm³/mol. The van der Waals surface area contributed by atoms with Crippen molar-refractivity contribution in [3.63, 3.8) is 0 Å². The van der Waals surface area contributed by atoms with Crippen molar-refractivity contribution in [3.8, 4) is 0 Å². The minimum absolute atomic E-state index is 0.0320. The number of amides is 1. The van der Waals surface area contributed by atoms with Crippen LogP contribution in [-0.4, -0.2) is 27.0 Å². The number of rotatable bonds is 3. The summed E-state index contributed by atoms with van der Waals surface area (Å²) in [4.78, 5) is 30.0. The molecule has 0 unspecified atom stereocenters. The molecule has 0 aliphatic carbocycles. The van der Waals surface area contributed by atoms with Gasteiger partial charge in [-0.25, -0.2) is 9.78 Å². The molecule has 0 aliphatic heterocycles. The first-order valence-electron chi connectivity index (χ1n) is 6.06. The SMILES string of the molecule is Cc1ccc(NC(=O)c2c(C)[nH]c(C(=O)O)c2C)nc1. The van der Waals surface area contributed by atoms with Crippen molar-refractivity contribution in [2.75, 3.05) is 5.32 Å². The Morgan fingerprint density at radius 3 is 2.45 bits per heavy atom. The molecule has 6 nitrogen and oxygen atoms in total. The number of carboxylic acid groups (broad SMARTS) is 1. The van der Waals surface area contributed by atoms with Crippen molar-refractivity contribution in [1.82, 2.24) is 9.97 Å². The summed E-state index contributed by atoms with van der Waals surface area (Å²) in [6, 6.07) is 3.53. The molecule has 0 fully saturated rings. The van der Waals surface area contributed by atoms with Gasteiger partial charge in [0, 0.05) is 11.9 Å². The molecule has 0 radical (unpaired) electrons. The maximum absolute atomic E-state index is 12.2. The number of carbonyl (C=O) groups excluding carboxylic acids is 1. The fraction of sp³-hybridized carbons (Fsp3) is 0.214. The first-order valence-corrected chi connectivity index (χ1v) is 6.06. The second kappa shape index (κ2) is 5.16. The summed E-state index contributed by atoms with van der Waals surface area (Å²) >= 11 is 0. The van der Waals surface area contributed by atoms with Crippen molar-refractivity contribution >= 4 is 17.7 Å². The van der Waals surface area contributed by atoms with Gasteiger partial charge in [-0.1, -0.05) is 6.07 Å². The van der Waals surface area contributed by atoms with Gasteiger partial charge in [0.2, 0.25) is 0 Å². The number of hydrogen-bond donors (Lipinski definition) is 3. The maximum atomic E-state index is 12.2. The van der Waals surface area contributed by atoms with Crippen LogP contribution < -0.4 is 5.32 Å². The number of carbonyl (C=O) groups is 2. The Morgan fingerprint density at radius 1 is 1.25 bits per heavy atom. The van der Waals surface area contributed by atoms with Crippen LogP contribution in [0, 0.1) is 20.8 Å². The molecule has 1 amide bonds. The Balaban J connectivity index is 2.30. The second-order valence-corrected chi connectivity index (χ2v) is 4.61. The topological polar surface area (TPSA) is 95.1 Å². The standard InChI is InChI=1S/C14H15N3O3/c1-7-4-5-10(15-6-7)17-13(18)11-8(2)12(14(19)20)16-9(11)3/h4-6,16H,1-3H3,(H,19,20)(H,15,17,18). The van der Waals surface area contributed by atoms with Crippen LogP contribution in [0.25, 0.3) is 0 Å². The molecule has 2 heterocycles. The van der Waals surface area contributed by atoms with E-state index in [1.165, 1.54) is 0 Å². The third-order valence-electron chi connectivity index (χ3n) is 3.03. The second-order valence-electron chi connectivity index (χ2n) is 4.61. The van der Waals surface area contributed by atoms with Gasteiger partial charge in [-0.2, -0.15) is 0 Å². The molecule has 20 heavy (non-hydrogen) atoms. The van der Waals surface area contributed by atoms with E-state index in [2.05, 4.69) is 15.3 Å². The zero-order valence-electron chi connectivity index (χ0n) is 11.4. The van der Waals surface area contributed by atoms with Gasteiger partial charge in [0.15, 0.2) is 0 Å². The molecule has 104 valence electrons. The van der Waals surface area contributed by atoms with E-state index in [1.54, 1.807) is 26.1 Å². The highest BCUT2D eigenvalue weighted by molar-refractivity contribution is 6.07. The lowest BCUT2D eigenvalue weighted by atomic mass is 10.1. The Hall–Kier alpha value is -2.63. The predicted octanol–water partition coefficient (Wildman–Crippen LogP) is 2.29. The number of aromatic nitrogens is 2. The molecule has 2 aromatic heterocycles. The molecule has 0 aliphatic rings. The lowest BCUT2D eigenvalue weighted by molar-refractivity contribution is 0.0690. The number of pyridine rings is 1. The zero-order valence-corrected chi connectivity index (χ0v) is 11.4. The van der Waals surface area contributed by atoms with Gasteiger partial charge >= 0.3 is 5.97 Å². The summed E-state index contributed by atoms with van der Waals surface area (Å²) in [6.07, 6.45) is 1.65. The highest BCUT2D eigenvalue weighted by atomic mass is 16.4. The zero-order chi connectivity index (χ0) is 14.9. The van der Waals surface area contributed by atoms with Gasteiger partial charge in [0.1, 0.15) is 11.5 Å². The smallest absolute Gasteiger partial charge is 0.352 e. The summed E-state index contributed by atoms with van der Waals surface area (Å²) in [5.74, 6) is -1.03. The molecule has 0 aromatic carbocycles. The van der Waals surface area contributed by atoms with Gasteiger partial charge in [0.05, 0.1) is 5.56 Å². The van der Waals surface area contributed by atoms with Gasteiger partial charge in [-0.15, -0.1) is 0 Å². The average molecular weight is 273 g/mol. The van der Waals surface area contributed by atoms with Crippen molar-refractivity contribution in [2.45, 2.75) is 20.8 Å². The first-order chi connectivity index (χ1) is 9.40. The van der Waals surface area contributed by atoms with Crippen molar-refractivity contribution in [3.05, 3.63) is 46.4 Å². The summed E-state index contributed by atoms with van der Waals surface area (Å²) < 4.78 is 0. The summed E-state index contributed by atoms with van der Waals surface area (Å²) in [6.45, 7) is 5.17. The number of carboxylic acids is 1. The van der Waals surface area contributed by atoms with Gasteiger partial charge in [-0.05, 0) is 38.0 Å². The largest absolute Gasteiger partial charge is 0.477 e. The van der Waals surface area contributed by atoms with Crippen molar-refractivity contribution < 1.29 is 14.7 Å². The number of aromatic carboxylic acids is 1. The van der Waals surface area contributed by atoms with E-state index in [-0.39, 0.29) is 11.6 Å². The minimum Gasteiger partial charge on any atom is -0.477 e. The lowest BCUT2D eigenvalue weighted by Crippen LogP contribution is -2.14. The fourth-order valence-corrected chi connectivity index (χ4v) is 2.03. The molecular formula is C14H15N3O3. The monoisotopic (exact) mass is 273 g/mol. The van der Waals surface area contributed by atoms with Gasteiger partial charge in [0.25, 0.3) is 5.91 Å². The van der Waals surface area contributed by atoms with E-state index in [0.29, 0.717) is 22.6 Å². The fourth-order valence-electron chi connectivity index (χ4n) is 2.03. The molecule has 2 rings (SSSR count). The summed E-state index contributed by atoms with van der Waals surface area (Å²) in [7, 11) is 0. The summed E-state index contributed by atoms with van der Waals surface area (Å²) in [5.41, 5.74) is 2.29.